The minimum atomic E-state index is -4.35. The second-order valence-electron chi connectivity index (χ2n) is 5.88. The van der Waals surface area contributed by atoms with Gasteiger partial charge < -0.3 is 4.90 Å². The molecule has 128 valence electrons. The fourth-order valence-electron chi connectivity index (χ4n) is 2.73. The molecule has 3 aromatic rings. The van der Waals surface area contributed by atoms with E-state index in [4.69, 9.17) is 0 Å². The molecule has 0 N–H and O–H groups in total. The number of alkyl halides is 3. The normalized spacial score (nSPS) is 11.3. The summed E-state index contributed by atoms with van der Waals surface area (Å²) < 4.78 is 39.2. The molecule has 3 rings (SSSR count). The summed E-state index contributed by atoms with van der Waals surface area (Å²) in [5.74, 6) is 0. The molecule has 0 bridgehead atoms. The molecule has 0 radical (unpaired) electrons. The second-order valence-corrected chi connectivity index (χ2v) is 5.88. The van der Waals surface area contributed by atoms with Crippen LogP contribution in [0, 0.1) is 0 Å². The minimum absolute atomic E-state index is 0.539. The van der Waals surface area contributed by atoms with Gasteiger partial charge in [-0.25, -0.2) is 0 Å². The molecule has 4 heteroatoms. The fraction of sp³-hybridized carbons (Fsp3) is 0.143. The number of hydrogen-bond acceptors (Lipinski definition) is 1. The maximum Gasteiger partial charge on any atom is 0.416 e. The van der Waals surface area contributed by atoms with Gasteiger partial charge in [0.15, 0.2) is 0 Å². The zero-order valence-electron chi connectivity index (χ0n) is 13.6. The highest BCUT2D eigenvalue weighted by atomic mass is 19.4. The zero-order valence-corrected chi connectivity index (χ0v) is 13.6. The van der Waals surface area contributed by atoms with Gasteiger partial charge in [0.25, 0.3) is 0 Å². The highest BCUT2D eigenvalue weighted by molar-refractivity contribution is 5.50. The highest BCUT2D eigenvalue weighted by Crippen LogP contribution is 2.32. The van der Waals surface area contributed by atoms with Crippen molar-refractivity contribution in [1.29, 1.82) is 0 Å². The summed E-state index contributed by atoms with van der Waals surface area (Å²) in [6.07, 6.45) is -4.35. The smallest absolute Gasteiger partial charge is 0.363 e. The molecule has 1 nitrogen and oxygen atoms in total. The van der Waals surface area contributed by atoms with Crippen LogP contribution in [0.4, 0.5) is 18.9 Å². The summed E-state index contributed by atoms with van der Waals surface area (Å²) in [6.45, 7) is 1.08. The van der Waals surface area contributed by atoms with Crippen LogP contribution in [0.5, 0.6) is 0 Å². The highest BCUT2D eigenvalue weighted by Gasteiger charge is 2.30. The van der Waals surface area contributed by atoms with Crippen molar-refractivity contribution in [3.8, 4) is 0 Å². The van der Waals surface area contributed by atoms with E-state index in [1.807, 2.05) is 65.6 Å². The van der Waals surface area contributed by atoms with Gasteiger partial charge in [-0.1, -0.05) is 66.7 Å². The van der Waals surface area contributed by atoms with E-state index in [-0.39, 0.29) is 0 Å². The second kappa shape index (κ2) is 7.43. The maximum absolute atomic E-state index is 13.1. The lowest BCUT2D eigenvalue weighted by Crippen LogP contribution is -2.22. The van der Waals surface area contributed by atoms with Gasteiger partial charge in [-0.2, -0.15) is 13.2 Å². The van der Waals surface area contributed by atoms with Gasteiger partial charge in [-0.05, 0) is 29.3 Å². The van der Waals surface area contributed by atoms with Gasteiger partial charge in [-0.3, -0.25) is 0 Å². The summed E-state index contributed by atoms with van der Waals surface area (Å²) in [5, 5.41) is 0. The van der Waals surface area contributed by atoms with Crippen molar-refractivity contribution in [2.75, 3.05) is 4.90 Å². The molecule has 0 amide bonds. The van der Waals surface area contributed by atoms with E-state index >= 15 is 0 Å². The van der Waals surface area contributed by atoms with Crippen LogP contribution in [-0.2, 0) is 19.3 Å². The Morgan fingerprint density at radius 3 is 1.64 bits per heavy atom. The van der Waals surface area contributed by atoms with Crippen LogP contribution in [0.25, 0.3) is 0 Å². The molecule has 0 aliphatic rings. The molecule has 25 heavy (non-hydrogen) atoms. The SMILES string of the molecule is FC(F)(F)c1cccc(N(Cc2ccccc2)Cc2ccccc2)c1. The van der Waals surface area contributed by atoms with E-state index in [9.17, 15) is 13.2 Å². The number of hydrogen-bond donors (Lipinski definition) is 0. The summed E-state index contributed by atoms with van der Waals surface area (Å²) in [4.78, 5) is 1.96. The lowest BCUT2D eigenvalue weighted by molar-refractivity contribution is -0.137. The van der Waals surface area contributed by atoms with Crippen LogP contribution in [0.3, 0.4) is 0 Å². The average molecular weight is 341 g/mol. The predicted octanol–water partition coefficient (Wildman–Crippen LogP) is 5.91. The number of halogens is 3. The lowest BCUT2D eigenvalue weighted by Gasteiger charge is -2.26. The van der Waals surface area contributed by atoms with Crippen LogP contribution in [0.15, 0.2) is 84.9 Å². The number of nitrogens with zero attached hydrogens (tertiary/aromatic N) is 1. The van der Waals surface area contributed by atoms with Gasteiger partial charge in [0.05, 0.1) is 5.56 Å². The van der Waals surface area contributed by atoms with Crippen molar-refractivity contribution in [3.05, 3.63) is 102 Å². The molecular formula is C21H18F3N. The molecular weight excluding hydrogens is 323 g/mol. The van der Waals surface area contributed by atoms with Gasteiger partial charge in [0.1, 0.15) is 0 Å². The fourth-order valence-corrected chi connectivity index (χ4v) is 2.73. The third-order valence-corrected chi connectivity index (χ3v) is 3.97. The van der Waals surface area contributed by atoms with Gasteiger partial charge in [-0.15, -0.1) is 0 Å². The molecule has 0 atom stereocenters. The minimum Gasteiger partial charge on any atom is -0.363 e. The average Bonchev–Trinajstić information content (AvgIpc) is 2.62. The van der Waals surface area contributed by atoms with Gasteiger partial charge in [0.2, 0.25) is 0 Å². The molecule has 0 fully saturated rings. The zero-order chi connectivity index (χ0) is 17.7. The van der Waals surface area contributed by atoms with E-state index in [0.717, 1.165) is 17.2 Å². The lowest BCUT2D eigenvalue weighted by atomic mass is 10.1. The van der Waals surface area contributed by atoms with Crippen molar-refractivity contribution in [1.82, 2.24) is 0 Å². The molecule has 0 saturated heterocycles. The van der Waals surface area contributed by atoms with E-state index in [2.05, 4.69) is 0 Å². The van der Waals surface area contributed by atoms with Crippen LogP contribution < -0.4 is 4.90 Å². The Morgan fingerprint density at radius 2 is 1.16 bits per heavy atom. The third kappa shape index (κ3) is 4.63. The van der Waals surface area contributed by atoms with Gasteiger partial charge >= 0.3 is 6.18 Å². The first-order chi connectivity index (χ1) is 12.0. The Bertz CT molecular complexity index is 757. The van der Waals surface area contributed by atoms with Crippen molar-refractivity contribution in [3.63, 3.8) is 0 Å². The largest absolute Gasteiger partial charge is 0.416 e. The topological polar surface area (TPSA) is 3.24 Å². The maximum atomic E-state index is 13.1. The number of anilines is 1. The third-order valence-electron chi connectivity index (χ3n) is 3.97. The quantitative estimate of drug-likeness (QED) is 0.557. The van der Waals surface area contributed by atoms with Crippen molar-refractivity contribution in [2.45, 2.75) is 19.3 Å². The Kier molecular flexibility index (Phi) is 5.08. The van der Waals surface area contributed by atoms with Crippen molar-refractivity contribution >= 4 is 5.69 Å². The van der Waals surface area contributed by atoms with Gasteiger partial charge in [0, 0.05) is 18.8 Å². The molecule has 3 aromatic carbocycles. The van der Waals surface area contributed by atoms with Crippen LogP contribution in [0.1, 0.15) is 16.7 Å². The summed E-state index contributed by atoms with van der Waals surface area (Å²) in [6, 6.07) is 25.0. The van der Waals surface area contributed by atoms with E-state index in [1.165, 1.54) is 12.1 Å². The molecule has 0 unspecified atom stereocenters. The molecule has 0 saturated carbocycles. The monoisotopic (exact) mass is 341 g/mol. The van der Waals surface area contributed by atoms with Crippen LogP contribution >= 0.6 is 0 Å². The molecule has 0 aliphatic carbocycles. The predicted molar refractivity (Wildman–Crippen MR) is 94.2 cm³/mol. The Morgan fingerprint density at radius 1 is 0.640 bits per heavy atom. The number of benzene rings is 3. The summed E-state index contributed by atoms with van der Waals surface area (Å²) in [5.41, 5.74) is 2.03. The first-order valence-corrected chi connectivity index (χ1v) is 8.02. The van der Waals surface area contributed by atoms with Crippen LogP contribution in [-0.4, -0.2) is 0 Å². The van der Waals surface area contributed by atoms with E-state index in [0.29, 0.717) is 18.8 Å². The standard InChI is InChI=1S/C21H18F3N/c22-21(23,24)19-12-7-13-20(14-19)25(15-17-8-3-1-4-9-17)16-18-10-5-2-6-11-18/h1-14H,15-16H2. The molecule has 0 heterocycles. The molecule has 0 spiro atoms. The van der Waals surface area contributed by atoms with Crippen LogP contribution in [0.2, 0.25) is 0 Å². The summed E-state index contributed by atoms with van der Waals surface area (Å²) in [7, 11) is 0. The molecule has 0 aliphatic heterocycles. The first-order valence-electron chi connectivity index (χ1n) is 8.02. The first kappa shape index (κ1) is 17.1. The van der Waals surface area contributed by atoms with E-state index in [1.54, 1.807) is 6.07 Å². The van der Waals surface area contributed by atoms with Crippen molar-refractivity contribution in [2.24, 2.45) is 0 Å². The summed E-state index contributed by atoms with van der Waals surface area (Å²) >= 11 is 0. The van der Waals surface area contributed by atoms with Crippen molar-refractivity contribution < 1.29 is 13.2 Å². The van der Waals surface area contributed by atoms with E-state index < -0.39 is 11.7 Å². The number of rotatable bonds is 5. The Balaban J connectivity index is 1.93. The molecule has 0 aromatic heterocycles. The Labute approximate surface area is 145 Å². The Hall–Kier alpha value is -2.75.